The lowest BCUT2D eigenvalue weighted by molar-refractivity contribution is 0.248. The molecule has 1 unspecified atom stereocenters. The molecule has 22 heavy (non-hydrogen) atoms. The molecule has 0 heterocycles. The Kier molecular flexibility index (Phi) is 5.95. The molecular weight excluding hydrogens is 347 g/mol. The number of carbonyl (C=O) groups is 1. The number of urea groups is 1. The van der Waals surface area contributed by atoms with E-state index < -0.39 is 0 Å². The minimum Gasteiger partial charge on any atom is -0.335 e. The number of rotatable bonds is 5. The normalized spacial score (nSPS) is 11.8. The third kappa shape index (κ3) is 5.15. The molecule has 0 saturated carbocycles. The van der Waals surface area contributed by atoms with E-state index in [0.717, 1.165) is 12.8 Å². The Labute approximate surface area is 138 Å². The van der Waals surface area contributed by atoms with Crippen LogP contribution in [0.5, 0.6) is 0 Å². The zero-order chi connectivity index (χ0) is 15.9. The fourth-order valence-electron chi connectivity index (χ4n) is 2.07. The average molecular weight is 365 g/mol. The predicted octanol–water partition coefficient (Wildman–Crippen LogP) is 4.73. The van der Waals surface area contributed by atoms with Crippen LogP contribution in [0.3, 0.4) is 0 Å². The fraction of sp³-hybridized carbons (Fsp3) is 0.235. The van der Waals surface area contributed by atoms with Gasteiger partial charge in [-0.1, -0.05) is 30.3 Å². The second-order valence-corrected chi connectivity index (χ2v) is 6.00. The monoisotopic (exact) mass is 364 g/mol. The molecule has 0 spiro atoms. The number of anilines is 1. The Bertz CT molecular complexity index is 634. The number of hydrogen-bond donors (Lipinski definition) is 2. The van der Waals surface area contributed by atoms with Gasteiger partial charge in [-0.3, -0.25) is 0 Å². The Morgan fingerprint density at radius 1 is 1.23 bits per heavy atom. The second-order valence-electron chi connectivity index (χ2n) is 5.15. The van der Waals surface area contributed by atoms with Gasteiger partial charge in [0.15, 0.2) is 0 Å². The van der Waals surface area contributed by atoms with E-state index in [2.05, 4.69) is 38.7 Å². The molecule has 0 aliphatic rings. The van der Waals surface area contributed by atoms with Crippen LogP contribution in [0, 0.1) is 5.82 Å². The Hall–Kier alpha value is -1.88. The molecule has 0 radical (unpaired) electrons. The van der Waals surface area contributed by atoms with Crippen molar-refractivity contribution in [2.24, 2.45) is 0 Å². The minimum absolute atomic E-state index is 0.0411. The summed E-state index contributed by atoms with van der Waals surface area (Å²) in [6.07, 6.45) is 1.75. The molecule has 0 fully saturated rings. The Morgan fingerprint density at radius 3 is 2.64 bits per heavy atom. The first-order valence-electron chi connectivity index (χ1n) is 7.11. The highest BCUT2D eigenvalue weighted by molar-refractivity contribution is 9.10. The molecule has 0 aliphatic heterocycles. The molecule has 1 atom stereocenters. The van der Waals surface area contributed by atoms with Crippen LogP contribution >= 0.6 is 15.9 Å². The van der Waals surface area contributed by atoms with E-state index >= 15 is 0 Å². The van der Waals surface area contributed by atoms with Crippen molar-refractivity contribution < 1.29 is 9.18 Å². The maximum absolute atomic E-state index is 13.0. The maximum atomic E-state index is 13.0. The van der Waals surface area contributed by atoms with Gasteiger partial charge in [-0.25, -0.2) is 9.18 Å². The van der Waals surface area contributed by atoms with Crippen LogP contribution in [0.4, 0.5) is 14.9 Å². The summed E-state index contributed by atoms with van der Waals surface area (Å²) in [4.78, 5) is 11.9. The molecule has 2 N–H and O–H groups in total. The number of nitrogens with one attached hydrogen (secondary N) is 2. The van der Waals surface area contributed by atoms with Crippen molar-refractivity contribution in [3.63, 3.8) is 0 Å². The summed E-state index contributed by atoms with van der Waals surface area (Å²) in [6, 6.07) is 14.0. The van der Waals surface area contributed by atoms with E-state index in [0.29, 0.717) is 10.2 Å². The topological polar surface area (TPSA) is 41.1 Å². The van der Waals surface area contributed by atoms with Gasteiger partial charge in [0, 0.05) is 10.5 Å². The molecule has 0 aromatic heterocycles. The highest BCUT2D eigenvalue weighted by atomic mass is 79.9. The fourth-order valence-corrected chi connectivity index (χ4v) is 2.52. The van der Waals surface area contributed by atoms with Crippen molar-refractivity contribution in [2.75, 3.05) is 5.32 Å². The van der Waals surface area contributed by atoms with Crippen molar-refractivity contribution in [1.29, 1.82) is 0 Å². The number of aryl methyl sites for hydroxylation is 1. The van der Waals surface area contributed by atoms with Crippen LogP contribution in [0.1, 0.15) is 18.9 Å². The molecule has 116 valence electrons. The third-order valence-electron chi connectivity index (χ3n) is 3.27. The molecule has 2 aromatic carbocycles. The van der Waals surface area contributed by atoms with Crippen molar-refractivity contribution >= 4 is 27.6 Å². The summed E-state index contributed by atoms with van der Waals surface area (Å²) in [5.74, 6) is -0.353. The second kappa shape index (κ2) is 7.94. The van der Waals surface area contributed by atoms with Crippen molar-refractivity contribution in [3.05, 3.63) is 64.4 Å². The summed E-state index contributed by atoms with van der Waals surface area (Å²) < 4.78 is 13.5. The third-order valence-corrected chi connectivity index (χ3v) is 3.92. The first kappa shape index (κ1) is 16.5. The summed E-state index contributed by atoms with van der Waals surface area (Å²) in [5.41, 5.74) is 1.78. The molecule has 0 saturated heterocycles. The van der Waals surface area contributed by atoms with Crippen LogP contribution in [0.2, 0.25) is 0 Å². The van der Waals surface area contributed by atoms with Gasteiger partial charge in [-0.05, 0) is 59.5 Å². The van der Waals surface area contributed by atoms with Gasteiger partial charge in [0.05, 0.1) is 5.69 Å². The Balaban J connectivity index is 1.81. The first-order valence-corrected chi connectivity index (χ1v) is 7.90. The molecule has 2 aromatic rings. The average Bonchev–Trinajstić information content (AvgIpc) is 2.49. The Morgan fingerprint density at radius 2 is 1.95 bits per heavy atom. The molecule has 2 amide bonds. The van der Waals surface area contributed by atoms with Crippen LogP contribution in [0.25, 0.3) is 0 Å². The van der Waals surface area contributed by atoms with Gasteiger partial charge in [0.2, 0.25) is 0 Å². The van der Waals surface area contributed by atoms with Crippen LogP contribution in [0.15, 0.2) is 53.0 Å². The van der Waals surface area contributed by atoms with Crippen molar-refractivity contribution in [2.45, 2.75) is 25.8 Å². The SMILES string of the molecule is CC(CCc1ccccc1)NC(=O)Nc1ccc(F)cc1Br. The van der Waals surface area contributed by atoms with Crippen LogP contribution in [-0.2, 0) is 6.42 Å². The standard InChI is InChI=1S/C17H18BrFN2O/c1-12(7-8-13-5-3-2-4-6-13)20-17(22)21-16-10-9-14(19)11-15(16)18/h2-6,9-12H,7-8H2,1H3,(H2,20,21,22). The van der Waals surface area contributed by atoms with E-state index in [1.54, 1.807) is 0 Å². The van der Waals surface area contributed by atoms with Gasteiger partial charge in [-0.15, -0.1) is 0 Å². The van der Waals surface area contributed by atoms with E-state index in [9.17, 15) is 9.18 Å². The molecule has 0 aliphatic carbocycles. The highest BCUT2D eigenvalue weighted by Gasteiger charge is 2.09. The quantitative estimate of drug-likeness (QED) is 0.790. The van der Waals surface area contributed by atoms with Gasteiger partial charge in [0.1, 0.15) is 5.82 Å². The smallest absolute Gasteiger partial charge is 0.319 e. The van der Waals surface area contributed by atoms with E-state index in [1.165, 1.54) is 23.8 Å². The minimum atomic E-state index is -0.353. The number of hydrogen-bond acceptors (Lipinski definition) is 1. The van der Waals surface area contributed by atoms with Crippen LogP contribution < -0.4 is 10.6 Å². The molecule has 5 heteroatoms. The number of carbonyl (C=O) groups excluding carboxylic acids is 1. The number of benzene rings is 2. The number of amides is 2. The summed E-state index contributed by atoms with van der Waals surface area (Å²) in [6.45, 7) is 1.96. The van der Waals surface area contributed by atoms with E-state index in [4.69, 9.17) is 0 Å². The highest BCUT2D eigenvalue weighted by Crippen LogP contribution is 2.22. The molecular formula is C17H18BrFN2O. The van der Waals surface area contributed by atoms with Gasteiger partial charge in [-0.2, -0.15) is 0 Å². The molecule has 0 bridgehead atoms. The van der Waals surface area contributed by atoms with Gasteiger partial charge < -0.3 is 10.6 Å². The summed E-state index contributed by atoms with van der Waals surface area (Å²) >= 11 is 3.22. The largest absolute Gasteiger partial charge is 0.335 e. The number of halogens is 2. The molecule has 2 rings (SSSR count). The molecule has 3 nitrogen and oxygen atoms in total. The van der Waals surface area contributed by atoms with Gasteiger partial charge in [0.25, 0.3) is 0 Å². The van der Waals surface area contributed by atoms with E-state index in [-0.39, 0.29) is 17.9 Å². The van der Waals surface area contributed by atoms with Gasteiger partial charge >= 0.3 is 6.03 Å². The zero-order valence-electron chi connectivity index (χ0n) is 12.3. The van der Waals surface area contributed by atoms with Crippen LogP contribution in [-0.4, -0.2) is 12.1 Å². The summed E-state index contributed by atoms with van der Waals surface area (Å²) in [7, 11) is 0. The van der Waals surface area contributed by atoms with E-state index in [1.807, 2.05) is 25.1 Å². The maximum Gasteiger partial charge on any atom is 0.319 e. The lowest BCUT2D eigenvalue weighted by atomic mass is 10.1. The van der Waals surface area contributed by atoms with Crippen molar-refractivity contribution in [1.82, 2.24) is 5.32 Å². The van der Waals surface area contributed by atoms with Crippen molar-refractivity contribution in [3.8, 4) is 0 Å². The first-order chi connectivity index (χ1) is 10.5. The summed E-state index contributed by atoms with van der Waals surface area (Å²) in [5, 5.41) is 5.58. The lowest BCUT2D eigenvalue weighted by Crippen LogP contribution is -2.36. The lowest BCUT2D eigenvalue weighted by Gasteiger charge is -2.15. The predicted molar refractivity (Wildman–Crippen MR) is 90.5 cm³/mol. The zero-order valence-corrected chi connectivity index (χ0v) is 13.9.